The van der Waals surface area contributed by atoms with E-state index in [0.29, 0.717) is 26.1 Å². The van der Waals surface area contributed by atoms with E-state index < -0.39 is 5.97 Å². The van der Waals surface area contributed by atoms with E-state index in [-0.39, 0.29) is 24.5 Å². The van der Waals surface area contributed by atoms with Crippen molar-refractivity contribution in [2.45, 2.75) is 31.7 Å². The van der Waals surface area contributed by atoms with Crippen LogP contribution in [0.4, 0.5) is 0 Å². The predicted octanol–water partition coefficient (Wildman–Crippen LogP) is 0.409. The van der Waals surface area contributed by atoms with Crippen LogP contribution in [0, 0.1) is 5.92 Å². The zero-order valence-corrected chi connectivity index (χ0v) is 10.7. The van der Waals surface area contributed by atoms with Crippen molar-refractivity contribution in [2.24, 2.45) is 5.92 Å². The monoisotopic (exact) mass is 259 g/mol. The van der Waals surface area contributed by atoms with Gasteiger partial charge in [-0.3, -0.25) is 9.59 Å². The average Bonchev–Trinajstić information content (AvgIpc) is 2.35. The number of carbonyl (C=O) groups excluding carboxylic acids is 1. The van der Waals surface area contributed by atoms with Gasteiger partial charge in [0.25, 0.3) is 0 Å². The number of methoxy groups -OCH3 is 1. The molecule has 2 atom stereocenters. The number of nitrogens with one attached hydrogen (secondary N) is 1. The number of rotatable bonds is 7. The summed E-state index contributed by atoms with van der Waals surface area (Å²) in [5, 5.41) is 11.8. The van der Waals surface area contributed by atoms with Crippen molar-refractivity contribution in [3.05, 3.63) is 0 Å². The van der Waals surface area contributed by atoms with E-state index in [2.05, 4.69) is 5.32 Å². The Morgan fingerprint density at radius 3 is 2.78 bits per heavy atom. The molecule has 0 radical (unpaired) electrons. The van der Waals surface area contributed by atoms with E-state index in [1.807, 2.05) is 0 Å². The molecule has 104 valence electrons. The van der Waals surface area contributed by atoms with Gasteiger partial charge in [-0.05, 0) is 19.3 Å². The highest BCUT2D eigenvalue weighted by atomic mass is 16.5. The van der Waals surface area contributed by atoms with Crippen molar-refractivity contribution in [1.29, 1.82) is 0 Å². The number of amides is 1. The maximum absolute atomic E-state index is 11.5. The quantitative estimate of drug-likeness (QED) is 0.647. The first-order valence-corrected chi connectivity index (χ1v) is 6.22. The van der Waals surface area contributed by atoms with Gasteiger partial charge in [0, 0.05) is 13.2 Å². The molecule has 1 aliphatic carbocycles. The Morgan fingerprint density at radius 1 is 1.33 bits per heavy atom. The van der Waals surface area contributed by atoms with Gasteiger partial charge in [-0.2, -0.15) is 0 Å². The molecule has 0 saturated heterocycles. The molecule has 1 amide bonds. The zero-order chi connectivity index (χ0) is 13.4. The first-order valence-electron chi connectivity index (χ1n) is 6.22. The molecule has 6 nitrogen and oxygen atoms in total. The molecule has 2 unspecified atom stereocenters. The molecule has 0 aromatic heterocycles. The van der Waals surface area contributed by atoms with Gasteiger partial charge in [-0.15, -0.1) is 0 Å². The van der Waals surface area contributed by atoms with Crippen molar-refractivity contribution >= 4 is 11.9 Å². The van der Waals surface area contributed by atoms with Crippen LogP contribution in [0.25, 0.3) is 0 Å². The Hall–Kier alpha value is -1.14. The normalized spacial score (nSPS) is 23.6. The summed E-state index contributed by atoms with van der Waals surface area (Å²) in [4.78, 5) is 22.4. The number of hydrogen-bond donors (Lipinski definition) is 2. The Balaban J connectivity index is 2.20. The molecule has 0 aliphatic heterocycles. The highest BCUT2D eigenvalue weighted by Gasteiger charge is 2.27. The van der Waals surface area contributed by atoms with E-state index in [1.165, 1.54) is 0 Å². The lowest BCUT2D eigenvalue weighted by atomic mass is 9.86. The molecule has 2 N–H and O–H groups in total. The Morgan fingerprint density at radius 2 is 2.11 bits per heavy atom. The minimum atomic E-state index is -0.773. The summed E-state index contributed by atoms with van der Waals surface area (Å²) >= 11 is 0. The van der Waals surface area contributed by atoms with E-state index in [1.54, 1.807) is 7.11 Å². The average molecular weight is 259 g/mol. The van der Waals surface area contributed by atoms with Crippen LogP contribution in [0.3, 0.4) is 0 Å². The minimum Gasteiger partial charge on any atom is -0.481 e. The van der Waals surface area contributed by atoms with Crippen LogP contribution in [-0.2, 0) is 19.1 Å². The lowest BCUT2D eigenvalue weighted by Crippen LogP contribution is -2.41. The molecule has 6 heteroatoms. The lowest BCUT2D eigenvalue weighted by Gasteiger charge is -2.27. The first kappa shape index (κ1) is 14.9. The molecule has 1 saturated carbocycles. The van der Waals surface area contributed by atoms with Crippen LogP contribution in [0.2, 0.25) is 0 Å². The summed E-state index contributed by atoms with van der Waals surface area (Å²) in [7, 11) is 1.57. The maximum atomic E-state index is 11.5. The molecule has 18 heavy (non-hydrogen) atoms. The Bertz CT molecular complexity index is 282. The number of carbonyl (C=O) groups is 2. The highest BCUT2D eigenvalue weighted by Crippen LogP contribution is 2.24. The fourth-order valence-corrected chi connectivity index (χ4v) is 2.12. The highest BCUT2D eigenvalue weighted by molar-refractivity contribution is 5.77. The van der Waals surface area contributed by atoms with E-state index >= 15 is 0 Å². The van der Waals surface area contributed by atoms with Crippen molar-refractivity contribution in [1.82, 2.24) is 5.32 Å². The lowest BCUT2D eigenvalue weighted by molar-refractivity contribution is -0.143. The molecule has 0 aromatic rings. The molecule has 0 heterocycles. The van der Waals surface area contributed by atoms with E-state index in [4.69, 9.17) is 14.6 Å². The third kappa shape index (κ3) is 5.46. The van der Waals surface area contributed by atoms with Crippen LogP contribution in [0.5, 0.6) is 0 Å². The number of aliphatic carboxylic acids is 1. The fourth-order valence-electron chi connectivity index (χ4n) is 2.12. The van der Waals surface area contributed by atoms with Gasteiger partial charge < -0.3 is 19.9 Å². The van der Waals surface area contributed by atoms with Crippen LogP contribution >= 0.6 is 0 Å². The van der Waals surface area contributed by atoms with Gasteiger partial charge in [-0.25, -0.2) is 0 Å². The summed E-state index contributed by atoms with van der Waals surface area (Å²) in [5.74, 6) is -1.30. The van der Waals surface area contributed by atoms with Crippen LogP contribution < -0.4 is 5.32 Å². The SMILES string of the molecule is COCCOCC(=O)NC1CCCC(C(=O)O)C1. The fraction of sp³-hybridized carbons (Fsp3) is 0.833. The van der Waals surface area contributed by atoms with Crippen LogP contribution in [0.15, 0.2) is 0 Å². The summed E-state index contributed by atoms with van der Waals surface area (Å²) in [6, 6.07) is -0.0432. The van der Waals surface area contributed by atoms with Gasteiger partial charge in [0.2, 0.25) is 5.91 Å². The van der Waals surface area contributed by atoms with Crippen molar-refractivity contribution < 1.29 is 24.2 Å². The van der Waals surface area contributed by atoms with Crippen molar-refractivity contribution in [3.63, 3.8) is 0 Å². The van der Waals surface area contributed by atoms with Crippen LogP contribution in [-0.4, -0.2) is 50.0 Å². The second-order valence-electron chi connectivity index (χ2n) is 4.51. The van der Waals surface area contributed by atoms with Gasteiger partial charge in [-0.1, -0.05) is 6.42 Å². The number of carboxylic acids is 1. The standard InChI is InChI=1S/C12H21NO5/c1-17-5-6-18-8-11(14)13-10-4-2-3-9(7-10)12(15)16/h9-10H,2-8H2,1H3,(H,13,14)(H,15,16). The van der Waals surface area contributed by atoms with Gasteiger partial charge in [0.15, 0.2) is 0 Å². The van der Waals surface area contributed by atoms with E-state index in [0.717, 1.165) is 12.8 Å². The summed E-state index contributed by atoms with van der Waals surface area (Å²) in [6.07, 6.45) is 2.89. The third-order valence-corrected chi connectivity index (χ3v) is 3.05. The second-order valence-corrected chi connectivity index (χ2v) is 4.51. The topological polar surface area (TPSA) is 84.9 Å². The second kappa shape index (κ2) is 8.05. The van der Waals surface area contributed by atoms with Crippen molar-refractivity contribution in [2.75, 3.05) is 26.9 Å². The largest absolute Gasteiger partial charge is 0.481 e. The summed E-state index contributed by atoms with van der Waals surface area (Å²) in [6.45, 7) is 0.835. The maximum Gasteiger partial charge on any atom is 0.306 e. The first-order chi connectivity index (χ1) is 8.63. The number of ether oxygens (including phenoxy) is 2. The van der Waals surface area contributed by atoms with Gasteiger partial charge >= 0.3 is 5.97 Å². The molecular weight excluding hydrogens is 238 g/mol. The molecule has 0 spiro atoms. The third-order valence-electron chi connectivity index (χ3n) is 3.05. The molecule has 1 fully saturated rings. The number of carboxylic acid groups (broad SMARTS) is 1. The number of hydrogen-bond acceptors (Lipinski definition) is 4. The van der Waals surface area contributed by atoms with Gasteiger partial charge in [0.05, 0.1) is 19.1 Å². The molecule has 1 rings (SSSR count). The summed E-state index contributed by atoms with van der Waals surface area (Å²) < 4.78 is 9.89. The Labute approximate surface area is 107 Å². The zero-order valence-electron chi connectivity index (χ0n) is 10.7. The molecule has 0 aromatic carbocycles. The summed E-state index contributed by atoms with van der Waals surface area (Å²) in [5.41, 5.74) is 0. The Kier molecular flexibility index (Phi) is 6.67. The van der Waals surface area contributed by atoms with Crippen molar-refractivity contribution in [3.8, 4) is 0 Å². The predicted molar refractivity (Wildman–Crippen MR) is 64.2 cm³/mol. The van der Waals surface area contributed by atoms with Gasteiger partial charge in [0.1, 0.15) is 6.61 Å². The molecule has 1 aliphatic rings. The minimum absolute atomic E-state index is 0.00238. The van der Waals surface area contributed by atoms with Crippen LogP contribution in [0.1, 0.15) is 25.7 Å². The molecular formula is C12H21NO5. The molecule has 0 bridgehead atoms. The smallest absolute Gasteiger partial charge is 0.306 e. The van der Waals surface area contributed by atoms with E-state index in [9.17, 15) is 9.59 Å².